The standard InChI is InChI=1S/C12H19BrN6/c1-18(2)8-7-15-10-3-4-11-16-9(5-6-14)12(13)19(11)17-10/h3-4H,5-8,14H2,1-2H3,(H,15,17). The van der Waals surface area contributed by atoms with Gasteiger partial charge < -0.3 is 16.0 Å². The number of likely N-dealkylation sites (N-methyl/N-ethyl adjacent to an activating group) is 1. The van der Waals surface area contributed by atoms with E-state index in [4.69, 9.17) is 5.73 Å². The molecule has 0 saturated carbocycles. The van der Waals surface area contributed by atoms with E-state index >= 15 is 0 Å². The molecule has 0 atom stereocenters. The van der Waals surface area contributed by atoms with Gasteiger partial charge >= 0.3 is 0 Å². The maximum Gasteiger partial charge on any atom is 0.155 e. The highest BCUT2D eigenvalue weighted by atomic mass is 79.9. The van der Waals surface area contributed by atoms with Crippen LogP contribution in [0.3, 0.4) is 0 Å². The predicted octanol–water partition coefficient (Wildman–Crippen LogP) is 0.966. The molecule has 2 aromatic heterocycles. The van der Waals surface area contributed by atoms with Gasteiger partial charge in [-0.3, -0.25) is 0 Å². The van der Waals surface area contributed by atoms with Gasteiger partial charge in [-0.05, 0) is 48.7 Å². The highest BCUT2D eigenvalue weighted by molar-refractivity contribution is 9.10. The molecule has 0 fully saturated rings. The molecule has 6 nitrogen and oxygen atoms in total. The fourth-order valence-corrected chi connectivity index (χ4v) is 2.30. The first-order chi connectivity index (χ1) is 9.11. The number of nitrogens with one attached hydrogen (secondary N) is 1. The fraction of sp³-hybridized carbons (Fsp3) is 0.500. The second-order valence-electron chi connectivity index (χ2n) is 4.61. The summed E-state index contributed by atoms with van der Waals surface area (Å²) in [5, 5.41) is 7.80. The summed E-state index contributed by atoms with van der Waals surface area (Å²) >= 11 is 3.52. The molecule has 0 bridgehead atoms. The molecule has 19 heavy (non-hydrogen) atoms. The van der Waals surface area contributed by atoms with E-state index < -0.39 is 0 Å². The summed E-state index contributed by atoms with van der Waals surface area (Å²) in [7, 11) is 4.09. The predicted molar refractivity (Wildman–Crippen MR) is 80.5 cm³/mol. The zero-order chi connectivity index (χ0) is 13.8. The molecule has 0 radical (unpaired) electrons. The van der Waals surface area contributed by atoms with Crippen LogP contribution in [0.5, 0.6) is 0 Å². The summed E-state index contributed by atoms with van der Waals surface area (Å²) in [4.78, 5) is 6.61. The maximum atomic E-state index is 5.57. The lowest BCUT2D eigenvalue weighted by Crippen LogP contribution is -2.21. The normalized spacial score (nSPS) is 11.4. The van der Waals surface area contributed by atoms with Gasteiger partial charge in [0.15, 0.2) is 5.65 Å². The minimum absolute atomic E-state index is 0.580. The number of halogens is 1. The summed E-state index contributed by atoms with van der Waals surface area (Å²) in [6, 6.07) is 3.90. The Kier molecular flexibility index (Phi) is 4.73. The van der Waals surface area contributed by atoms with Crippen LogP contribution >= 0.6 is 15.9 Å². The van der Waals surface area contributed by atoms with Gasteiger partial charge in [-0.15, -0.1) is 5.10 Å². The van der Waals surface area contributed by atoms with E-state index in [0.717, 1.165) is 41.3 Å². The van der Waals surface area contributed by atoms with Gasteiger partial charge in [0.1, 0.15) is 10.4 Å². The Morgan fingerprint density at radius 2 is 2.21 bits per heavy atom. The molecule has 104 valence electrons. The van der Waals surface area contributed by atoms with Crippen LogP contribution < -0.4 is 11.1 Å². The third-order valence-electron chi connectivity index (χ3n) is 2.73. The number of aromatic nitrogens is 3. The minimum atomic E-state index is 0.580. The average molecular weight is 327 g/mol. The topological polar surface area (TPSA) is 71.5 Å². The van der Waals surface area contributed by atoms with Crippen LogP contribution in [0.25, 0.3) is 5.65 Å². The molecule has 0 amide bonds. The third-order valence-corrected chi connectivity index (χ3v) is 3.53. The monoisotopic (exact) mass is 326 g/mol. The molecular formula is C12H19BrN6. The summed E-state index contributed by atoms with van der Waals surface area (Å²) in [5.74, 6) is 0.840. The molecule has 0 aliphatic heterocycles. The van der Waals surface area contributed by atoms with Crippen molar-refractivity contribution in [2.75, 3.05) is 39.0 Å². The van der Waals surface area contributed by atoms with E-state index in [9.17, 15) is 0 Å². The number of nitrogens with two attached hydrogens (primary N) is 1. The number of hydrogen-bond donors (Lipinski definition) is 2. The van der Waals surface area contributed by atoms with E-state index in [1.54, 1.807) is 4.52 Å². The van der Waals surface area contributed by atoms with Crippen molar-refractivity contribution in [1.29, 1.82) is 0 Å². The zero-order valence-electron chi connectivity index (χ0n) is 11.2. The number of nitrogens with zero attached hydrogens (tertiary/aromatic N) is 4. The second-order valence-corrected chi connectivity index (χ2v) is 5.36. The van der Waals surface area contributed by atoms with Crippen molar-refractivity contribution in [2.24, 2.45) is 5.73 Å². The Morgan fingerprint density at radius 3 is 2.89 bits per heavy atom. The van der Waals surface area contributed by atoms with Gasteiger partial charge in [-0.25, -0.2) is 9.50 Å². The Bertz CT molecular complexity index is 550. The molecule has 3 N–H and O–H groups in total. The van der Waals surface area contributed by atoms with Crippen molar-refractivity contribution >= 4 is 27.4 Å². The van der Waals surface area contributed by atoms with Crippen LogP contribution in [0.15, 0.2) is 16.7 Å². The van der Waals surface area contributed by atoms with Crippen LogP contribution in [-0.2, 0) is 6.42 Å². The molecule has 0 aliphatic rings. The molecule has 2 heterocycles. The number of fused-ring (bicyclic) bond motifs is 1. The zero-order valence-corrected chi connectivity index (χ0v) is 12.8. The number of anilines is 1. The molecule has 0 saturated heterocycles. The number of hydrogen-bond acceptors (Lipinski definition) is 5. The van der Waals surface area contributed by atoms with Crippen molar-refractivity contribution in [2.45, 2.75) is 6.42 Å². The fourth-order valence-electron chi connectivity index (χ4n) is 1.75. The highest BCUT2D eigenvalue weighted by Crippen LogP contribution is 2.19. The van der Waals surface area contributed by atoms with E-state index in [2.05, 4.69) is 36.2 Å². The van der Waals surface area contributed by atoms with Gasteiger partial charge in [-0.1, -0.05) is 0 Å². The molecule has 0 aromatic carbocycles. The lowest BCUT2D eigenvalue weighted by atomic mass is 10.3. The largest absolute Gasteiger partial charge is 0.367 e. The van der Waals surface area contributed by atoms with Crippen molar-refractivity contribution in [3.63, 3.8) is 0 Å². The maximum absolute atomic E-state index is 5.57. The molecule has 2 aromatic rings. The van der Waals surface area contributed by atoms with Gasteiger partial charge in [0.2, 0.25) is 0 Å². The Morgan fingerprint density at radius 1 is 1.42 bits per heavy atom. The molecule has 0 unspecified atom stereocenters. The summed E-state index contributed by atoms with van der Waals surface area (Å²) in [6.45, 7) is 2.40. The average Bonchev–Trinajstić information content (AvgIpc) is 2.67. The van der Waals surface area contributed by atoms with Gasteiger partial charge in [-0.2, -0.15) is 0 Å². The van der Waals surface area contributed by atoms with E-state index in [-0.39, 0.29) is 0 Å². The van der Waals surface area contributed by atoms with Crippen molar-refractivity contribution < 1.29 is 0 Å². The molecule has 0 aliphatic carbocycles. The second kappa shape index (κ2) is 6.31. The van der Waals surface area contributed by atoms with E-state index in [0.29, 0.717) is 6.54 Å². The van der Waals surface area contributed by atoms with Crippen LogP contribution in [0, 0.1) is 0 Å². The number of imidazole rings is 1. The first-order valence-electron chi connectivity index (χ1n) is 6.24. The quantitative estimate of drug-likeness (QED) is 0.827. The van der Waals surface area contributed by atoms with E-state index in [1.807, 2.05) is 26.2 Å². The van der Waals surface area contributed by atoms with Crippen molar-refractivity contribution in [1.82, 2.24) is 19.5 Å². The first kappa shape index (κ1) is 14.2. The highest BCUT2D eigenvalue weighted by Gasteiger charge is 2.10. The lowest BCUT2D eigenvalue weighted by molar-refractivity contribution is 0.425. The van der Waals surface area contributed by atoms with Gasteiger partial charge in [0, 0.05) is 19.5 Å². The van der Waals surface area contributed by atoms with Crippen molar-refractivity contribution in [3.05, 3.63) is 22.4 Å². The SMILES string of the molecule is CN(C)CCNc1ccc2nc(CCN)c(Br)n2n1. The third kappa shape index (κ3) is 3.43. The molecular weight excluding hydrogens is 308 g/mol. The Labute approximate surface area is 121 Å². The van der Waals surface area contributed by atoms with Gasteiger partial charge in [0.05, 0.1) is 5.69 Å². The van der Waals surface area contributed by atoms with Crippen LogP contribution in [0.2, 0.25) is 0 Å². The summed E-state index contributed by atoms with van der Waals surface area (Å²) < 4.78 is 2.67. The molecule has 7 heteroatoms. The van der Waals surface area contributed by atoms with Crippen LogP contribution in [0.1, 0.15) is 5.69 Å². The van der Waals surface area contributed by atoms with Crippen molar-refractivity contribution in [3.8, 4) is 0 Å². The van der Waals surface area contributed by atoms with Crippen LogP contribution in [0.4, 0.5) is 5.82 Å². The lowest BCUT2D eigenvalue weighted by Gasteiger charge is -2.10. The van der Waals surface area contributed by atoms with Crippen LogP contribution in [-0.4, -0.2) is 53.2 Å². The summed E-state index contributed by atoms with van der Waals surface area (Å²) in [6.07, 6.45) is 0.743. The minimum Gasteiger partial charge on any atom is -0.367 e. The smallest absolute Gasteiger partial charge is 0.155 e. The molecule has 2 rings (SSSR count). The van der Waals surface area contributed by atoms with Gasteiger partial charge in [0.25, 0.3) is 0 Å². The van der Waals surface area contributed by atoms with E-state index in [1.165, 1.54) is 0 Å². The Hall–Kier alpha value is -1.18. The number of rotatable bonds is 6. The Balaban J connectivity index is 2.17. The molecule has 0 spiro atoms. The first-order valence-corrected chi connectivity index (χ1v) is 7.04. The summed E-state index contributed by atoms with van der Waals surface area (Å²) in [5.41, 5.74) is 7.34.